The molecule has 0 saturated carbocycles. The van der Waals surface area contributed by atoms with E-state index in [-0.39, 0.29) is 18.2 Å². The van der Waals surface area contributed by atoms with Gasteiger partial charge in [0, 0.05) is 4.47 Å². The van der Waals surface area contributed by atoms with Crippen molar-refractivity contribution < 1.29 is 13.9 Å². The van der Waals surface area contributed by atoms with Gasteiger partial charge in [-0.2, -0.15) is 0 Å². The zero-order valence-corrected chi connectivity index (χ0v) is 12.0. The molecule has 0 amide bonds. The third kappa shape index (κ3) is 2.97. The molecule has 0 N–H and O–H groups in total. The Morgan fingerprint density at radius 2 is 2.22 bits per heavy atom. The summed E-state index contributed by atoms with van der Waals surface area (Å²) in [6, 6.07) is 6.04. The molecule has 0 saturated heterocycles. The Morgan fingerprint density at radius 1 is 1.44 bits per heavy atom. The van der Waals surface area contributed by atoms with Gasteiger partial charge in [-0.15, -0.1) is 11.3 Å². The van der Waals surface area contributed by atoms with E-state index in [1.54, 1.807) is 6.92 Å². The Morgan fingerprint density at radius 3 is 2.83 bits per heavy atom. The first-order valence-corrected chi connectivity index (χ1v) is 6.90. The standard InChI is InChI=1S/C13H10BrFO2S/c1-8-6-9(15)2-3-12(8)17-7-11(16)13-10(14)4-5-18-13/h2-6H,7H2,1H3. The number of benzene rings is 1. The van der Waals surface area contributed by atoms with E-state index in [4.69, 9.17) is 4.74 Å². The molecule has 0 aliphatic heterocycles. The Hall–Kier alpha value is -1.20. The number of halogens is 2. The van der Waals surface area contributed by atoms with Gasteiger partial charge >= 0.3 is 0 Å². The van der Waals surface area contributed by atoms with Gasteiger partial charge in [-0.05, 0) is 58.1 Å². The molecule has 1 aromatic heterocycles. The van der Waals surface area contributed by atoms with E-state index < -0.39 is 0 Å². The van der Waals surface area contributed by atoms with Crippen LogP contribution < -0.4 is 4.74 Å². The van der Waals surface area contributed by atoms with Crippen molar-refractivity contribution in [1.29, 1.82) is 0 Å². The summed E-state index contributed by atoms with van der Waals surface area (Å²) in [5.74, 6) is 0.116. The zero-order chi connectivity index (χ0) is 13.1. The van der Waals surface area contributed by atoms with Crippen LogP contribution in [0.1, 0.15) is 15.2 Å². The van der Waals surface area contributed by atoms with Crippen LogP contribution in [0.3, 0.4) is 0 Å². The molecule has 0 radical (unpaired) electrons. The summed E-state index contributed by atoms with van der Waals surface area (Å²) in [5.41, 5.74) is 0.674. The molecule has 0 aliphatic carbocycles. The van der Waals surface area contributed by atoms with Gasteiger partial charge in [0.25, 0.3) is 0 Å². The van der Waals surface area contributed by atoms with Crippen LogP contribution in [0.15, 0.2) is 34.1 Å². The molecule has 0 atom stereocenters. The van der Waals surface area contributed by atoms with E-state index in [2.05, 4.69) is 15.9 Å². The normalized spacial score (nSPS) is 10.4. The molecule has 1 aromatic carbocycles. The van der Waals surface area contributed by atoms with Crippen LogP contribution in [0.25, 0.3) is 0 Å². The molecule has 0 aliphatic rings. The van der Waals surface area contributed by atoms with Crippen LogP contribution in [0, 0.1) is 12.7 Å². The first kappa shape index (κ1) is 13.2. The molecule has 2 aromatic rings. The number of ketones is 1. The van der Waals surface area contributed by atoms with Crippen LogP contribution in [0.2, 0.25) is 0 Å². The van der Waals surface area contributed by atoms with E-state index in [9.17, 15) is 9.18 Å². The number of Topliss-reactive ketones (excluding diaryl/α,β-unsaturated/α-hetero) is 1. The number of ether oxygens (including phenoxy) is 1. The lowest BCUT2D eigenvalue weighted by Crippen LogP contribution is -2.11. The smallest absolute Gasteiger partial charge is 0.211 e. The predicted octanol–water partition coefficient (Wildman–Crippen LogP) is 4.22. The predicted molar refractivity (Wildman–Crippen MR) is 73.0 cm³/mol. The van der Waals surface area contributed by atoms with E-state index in [1.807, 2.05) is 11.4 Å². The topological polar surface area (TPSA) is 26.3 Å². The summed E-state index contributed by atoms with van der Waals surface area (Å²) in [6.45, 7) is 1.69. The van der Waals surface area contributed by atoms with Crippen LogP contribution in [-0.2, 0) is 0 Å². The molecule has 2 rings (SSSR count). The summed E-state index contributed by atoms with van der Waals surface area (Å²) in [5, 5.41) is 1.83. The van der Waals surface area contributed by atoms with Crippen molar-refractivity contribution in [2.45, 2.75) is 6.92 Å². The van der Waals surface area contributed by atoms with Gasteiger partial charge in [-0.25, -0.2) is 4.39 Å². The van der Waals surface area contributed by atoms with Crippen molar-refractivity contribution in [2.75, 3.05) is 6.61 Å². The minimum absolute atomic E-state index is 0.0500. The molecule has 0 fully saturated rings. The second-order valence-corrected chi connectivity index (χ2v) is 5.49. The van der Waals surface area contributed by atoms with Crippen LogP contribution in [-0.4, -0.2) is 12.4 Å². The average Bonchev–Trinajstić information content (AvgIpc) is 2.74. The largest absolute Gasteiger partial charge is 0.485 e. The van der Waals surface area contributed by atoms with Crippen molar-refractivity contribution in [3.05, 3.63) is 50.4 Å². The minimum Gasteiger partial charge on any atom is -0.485 e. The summed E-state index contributed by atoms with van der Waals surface area (Å²) in [6.07, 6.45) is 0. The molecule has 94 valence electrons. The fourth-order valence-electron chi connectivity index (χ4n) is 1.48. The maximum absolute atomic E-state index is 12.9. The van der Waals surface area contributed by atoms with Gasteiger partial charge in [-0.1, -0.05) is 0 Å². The first-order valence-electron chi connectivity index (χ1n) is 5.23. The van der Waals surface area contributed by atoms with E-state index >= 15 is 0 Å². The number of rotatable bonds is 4. The number of carbonyl (C=O) groups is 1. The lowest BCUT2D eigenvalue weighted by molar-refractivity contribution is 0.0924. The number of carbonyl (C=O) groups excluding carboxylic acids is 1. The Bertz CT molecular complexity index is 580. The van der Waals surface area contributed by atoms with E-state index in [0.29, 0.717) is 16.2 Å². The van der Waals surface area contributed by atoms with Gasteiger partial charge in [0.15, 0.2) is 6.61 Å². The van der Waals surface area contributed by atoms with Crippen molar-refractivity contribution in [1.82, 2.24) is 0 Å². The van der Waals surface area contributed by atoms with Gasteiger partial charge in [0.1, 0.15) is 11.6 Å². The van der Waals surface area contributed by atoms with Gasteiger partial charge < -0.3 is 4.74 Å². The Balaban J connectivity index is 2.04. The van der Waals surface area contributed by atoms with Crippen molar-refractivity contribution >= 4 is 33.0 Å². The SMILES string of the molecule is Cc1cc(F)ccc1OCC(=O)c1sccc1Br. The fourth-order valence-corrected chi connectivity index (χ4v) is 3.00. The maximum Gasteiger partial charge on any atom is 0.211 e. The highest BCUT2D eigenvalue weighted by Gasteiger charge is 2.12. The van der Waals surface area contributed by atoms with Gasteiger partial charge in [0.05, 0.1) is 4.88 Å². The third-order valence-electron chi connectivity index (χ3n) is 2.37. The van der Waals surface area contributed by atoms with Crippen LogP contribution >= 0.6 is 27.3 Å². The summed E-state index contributed by atoms with van der Waals surface area (Å²) >= 11 is 4.66. The molecule has 0 bridgehead atoms. The van der Waals surface area contributed by atoms with Gasteiger partial charge in [0.2, 0.25) is 5.78 Å². The number of thiophene rings is 1. The number of hydrogen-bond acceptors (Lipinski definition) is 3. The third-order valence-corrected chi connectivity index (χ3v) is 4.24. The summed E-state index contributed by atoms with van der Waals surface area (Å²) < 4.78 is 19.1. The highest BCUT2D eigenvalue weighted by molar-refractivity contribution is 9.10. The molecule has 1 heterocycles. The summed E-state index contributed by atoms with van der Waals surface area (Å²) in [7, 11) is 0. The zero-order valence-electron chi connectivity index (χ0n) is 9.57. The second kappa shape index (κ2) is 5.63. The molecular weight excluding hydrogens is 319 g/mol. The minimum atomic E-state index is -0.313. The molecule has 0 spiro atoms. The van der Waals surface area contributed by atoms with Gasteiger partial charge in [-0.3, -0.25) is 4.79 Å². The second-order valence-electron chi connectivity index (χ2n) is 3.72. The quantitative estimate of drug-likeness (QED) is 0.785. The highest BCUT2D eigenvalue weighted by Crippen LogP contribution is 2.24. The van der Waals surface area contributed by atoms with E-state index in [1.165, 1.54) is 29.5 Å². The molecular formula is C13H10BrFO2S. The lowest BCUT2D eigenvalue weighted by Gasteiger charge is -2.07. The Labute approximate surface area is 117 Å². The lowest BCUT2D eigenvalue weighted by atomic mass is 10.2. The fraction of sp³-hybridized carbons (Fsp3) is 0.154. The molecule has 18 heavy (non-hydrogen) atoms. The summed E-state index contributed by atoms with van der Waals surface area (Å²) in [4.78, 5) is 12.5. The van der Waals surface area contributed by atoms with Crippen molar-refractivity contribution in [3.63, 3.8) is 0 Å². The first-order chi connectivity index (χ1) is 8.58. The molecule has 5 heteroatoms. The molecule has 2 nitrogen and oxygen atoms in total. The molecule has 0 unspecified atom stereocenters. The van der Waals surface area contributed by atoms with Crippen molar-refractivity contribution in [2.24, 2.45) is 0 Å². The highest BCUT2D eigenvalue weighted by atomic mass is 79.9. The van der Waals surface area contributed by atoms with E-state index in [0.717, 1.165) is 4.47 Å². The average molecular weight is 329 g/mol. The van der Waals surface area contributed by atoms with Crippen molar-refractivity contribution in [3.8, 4) is 5.75 Å². The van der Waals surface area contributed by atoms with Crippen LogP contribution in [0.4, 0.5) is 4.39 Å². The maximum atomic E-state index is 12.9. The number of hydrogen-bond donors (Lipinski definition) is 0. The monoisotopic (exact) mass is 328 g/mol. The number of aryl methyl sites for hydroxylation is 1. The Kier molecular flexibility index (Phi) is 4.14. The van der Waals surface area contributed by atoms with Crippen LogP contribution in [0.5, 0.6) is 5.75 Å².